The number of nitrogens with zero attached hydrogens (tertiary/aromatic N) is 2. The fraction of sp³-hybridized carbons (Fsp3) is 0.714. The molecule has 0 radical (unpaired) electrons. The number of fused-ring (bicyclic) bond motifs is 1. The van der Waals surface area contributed by atoms with Crippen LogP contribution in [0.4, 0.5) is 5.00 Å². The van der Waals surface area contributed by atoms with Crippen molar-refractivity contribution in [2.45, 2.75) is 44.8 Å². The minimum atomic E-state index is 0.112. The molecule has 20 heavy (non-hydrogen) atoms. The maximum atomic E-state index is 12.9. The van der Waals surface area contributed by atoms with Crippen molar-refractivity contribution < 1.29 is 9.53 Å². The highest BCUT2D eigenvalue weighted by molar-refractivity contribution is 7.10. The van der Waals surface area contributed by atoms with Crippen LogP contribution in [0.3, 0.4) is 0 Å². The lowest BCUT2D eigenvalue weighted by atomic mass is 9.89. The normalized spacial score (nSPS) is 26.2. The summed E-state index contributed by atoms with van der Waals surface area (Å²) in [6.45, 7) is 3.25. The molecule has 1 aliphatic carbocycles. The zero-order valence-corrected chi connectivity index (χ0v) is 12.8. The highest BCUT2D eigenvalue weighted by Gasteiger charge is 2.38. The summed E-state index contributed by atoms with van der Waals surface area (Å²) in [4.78, 5) is 14.9. The van der Waals surface area contributed by atoms with Crippen LogP contribution >= 0.6 is 11.5 Å². The van der Waals surface area contributed by atoms with Crippen molar-refractivity contribution in [2.75, 3.05) is 25.5 Å². The van der Waals surface area contributed by atoms with E-state index in [4.69, 9.17) is 4.74 Å². The van der Waals surface area contributed by atoms with Crippen molar-refractivity contribution in [2.24, 2.45) is 0 Å². The SMILES string of the molecule is CNc1snc(C)c1C(=O)N1CCO[C@H]2CCCC[C@@H]21. The van der Waals surface area contributed by atoms with E-state index in [1.54, 1.807) is 0 Å². The van der Waals surface area contributed by atoms with E-state index in [9.17, 15) is 4.79 Å². The van der Waals surface area contributed by atoms with Crippen LogP contribution in [0.15, 0.2) is 0 Å². The first-order valence-corrected chi connectivity index (χ1v) is 8.06. The van der Waals surface area contributed by atoms with Crippen molar-refractivity contribution in [3.05, 3.63) is 11.3 Å². The third kappa shape index (κ3) is 2.31. The van der Waals surface area contributed by atoms with E-state index in [2.05, 4.69) is 9.69 Å². The monoisotopic (exact) mass is 295 g/mol. The first-order chi connectivity index (χ1) is 9.72. The molecular formula is C14H21N3O2S. The molecule has 1 saturated carbocycles. The lowest BCUT2D eigenvalue weighted by Crippen LogP contribution is -2.54. The van der Waals surface area contributed by atoms with Gasteiger partial charge >= 0.3 is 0 Å². The van der Waals surface area contributed by atoms with E-state index in [0.29, 0.717) is 13.2 Å². The number of rotatable bonds is 2. The quantitative estimate of drug-likeness (QED) is 0.909. The minimum absolute atomic E-state index is 0.112. The standard InChI is InChI=1S/C14H21N3O2S/c1-9-12(13(15-2)20-16-9)14(18)17-7-8-19-11-6-4-3-5-10(11)17/h10-11,15H,3-8H2,1-2H3/t10-,11-/m0/s1. The Balaban J connectivity index is 1.87. The van der Waals surface area contributed by atoms with Gasteiger partial charge in [0.2, 0.25) is 0 Å². The second kappa shape index (κ2) is 5.69. The number of amides is 1. The number of ether oxygens (including phenoxy) is 1. The molecule has 1 N–H and O–H groups in total. The molecule has 2 aliphatic rings. The van der Waals surface area contributed by atoms with Crippen molar-refractivity contribution in [3.8, 4) is 0 Å². The van der Waals surface area contributed by atoms with Crippen LogP contribution in [0.2, 0.25) is 0 Å². The highest BCUT2D eigenvalue weighted by atomic mass is 32.1. The van der Waals surface area contributed by atoms with Crippen LogP contribution in [-0.2, 0) is 4.74 Å². The van der Waals surface area contributed by atoms with E-state index in [1.165, 1.54) is 24.4 Å². The fourth-order valence-corrected chi connectivity index (χ4v) is 4.02. The number of anilines is 1. The summed E-state index contributed by atoms with van der Waals surface area (Å²) in [5.74, 6) is 0.112. The molecule has 6 heteroatoms. The molecule has 1 aromatic heterocycles. The van der Waals surface area contributed by atoms with Gasteiger partial charge in [0.1, 0.15) is 5.00 Å². The molecule has 2 fully saturated rings. The molecule has 0 unspecified atom stereocenters. The summed E-state index contributed by atoms with van der Waals surface area (Å²) in [7, 11) is 1.84. The number of aromatic nitrogens is 1. The van der Waals surface area contributed by atoms with Crippen LogP contribution in [0, 0.1) is 6.92 Å². The molecule has 5 nitrogen and oxygen atoms in total. The Morgan fingerprint density at radius 1 is 1.45 bits per heavy atom. The number of carbonyl (C=O) groups excluding carboxylic acids is 1. The van der Waals surface area contributed by atoms with Gasteiger partial charge in [0, 0.05) is 13.6 Å². The van der Waals surface area contributed by atoms with E-state index in [1.807, 2.05) is 18.9 Å². The molecule has 1 amide bonds. The number of hydrogen-bond acceptors (Lipinski definition) is 5. The minimum Gasteiger partial charge on any atom is -0.378 e. The lowest BCUT2D eigenvalue weighted by molar-refractivity contribution is -0.0752. The zero-order valence-electron chi connectivity index (χ0n) is 12.0. The second-order valence-corrected chi connectivity index (χ2v) is 6.26. The smallest absolute Gasteiger partial charge is 0.259 e. The molecular weight excluding hydrogens is 274 g/mol. The topological polar surface area (TPSA) is 54.5 Å². The Bertz CT molecular complexity index is 501. The van der Waals surface area contributed by atoms with Crippen molar-refractivity contribution in [1.29, 1.82) is 0 Å². The molecule has 2 atom stereocenters. The van der Waals surface area contributed by atoms with Gasteiger partial charge in [0.15, 0.2) is 0 Å². The van der Waals surface area contributed by atoms with Gasteiger partial charge in [-0.15, -0.1) is 0 Å². The van der Waals surface area contributed by atoms with Gasteiger partial charge in [0.05, 0.1) is 30.0 Å². The second-order valence-electron chi connectivity index (χ2n) is 5.48. The van der Waals surface area contributed by atoms with Crippen molar-refractivity contribution >= 4 is 22.4 Å². The van der Waals surface area contributed by atoms with Crippen LogP contribution in [0.5, 0.6) is 0 Å². The molecule has 110 valence electrons. The summed E-state index contributed by atoms with van der Waals surface area (Å²) in [6, 6.07) is 0.244. The van der Waals surface area contributed by atoms with E-state index >= 15 is 0 Å². The number of aryl methyl sites for hydroxylation is 1. The predicted molar refractivity (Wildman–Crippen MR) is 79.4 cm³/mol. The average Bonchev–Trinajstić information content (AvgIpc) is 2.87. The third-order valence-corrected chi connectivity index (χ3v) is 5.25. The van der Waals surface area contributed by atoms with Gasteiger partial charge in [-0.25, -0.2) is 0 Å². The Labute approximate surface area is 123 Å². The Kier molecular flexibility index (Phi) is 3.94. The van der Waals surface area contributed by atoms with Gasteiger partial charge < -0.3 is 15.0 Å². The molecule has 0 bridgehead atoms. The van der Waals surface area contributed by atoms with Crippen molar-refractivity contribution in [3.63, 3.8) is 0 Å². The first-order valence-electron chi connectivity index (χ1n) is 7.29. The van der Waals surface area contributed by atoms with Gasteiger partial charge in [0.25, 0.3) is 5.91 Å². The molecule has 1 aliphatic heterocycles. The Hall–Kier alpha value is -1.14. The lowest BCUT2D eigenvalue weighted by Gasteiger charge is -2.43. The largest absolute Gasteiger partial charge is 0.378 e. The van der Waals surface area contributed by atoms with Crippen molar-refractivity contribution in [1.82, 2.24) is 9.27 Å². The van der Waals surface area contributed by atoms with Gasteiger partial charge in [-0.1, -0.05) is 12.8 Å². The first kappa shape index (κ1) is 13.8. The third-order valence-electron chi connectivity index (χ3n) is 4.30. The summed E-state index contributed by atoms with van der Waals surface area (Å²) in [6.07, 6.45) is 4.76. The number of carbonyl (C=O) groups is 1. The maximum absolute atomic E-state index is 12.9. The predicted octanol–water partition coefficient (Wildman–Crippen LogP) is 2.28. The maximum Gasteiger partial charge on any atom is 0.259 e. The van der Waals surface area contributed by atoms with E-state index in [-0.39, 0.29) is 18.1 Å². The molecule has 0 spiro atoms. The zero-order chi connectivity index (χ0) is 14.1. The van der Waals surface area contributed by atoms with Crippen LogP contribution in [0.25, 0.3) is 0 Å². The number of hydrogen-bond donors (Lipinski definition) is 1. The van der Waals surface area contributed by atoms with Gasteiger partial charge in [-0.05, 0) is 31.3 Å². The van der Waals surface area contributed by atoms with E-state index in [0.717, 1.165) is 29.1 Å². The van der Waals surface area contributed by atoms with Crippen LogP contribution in [-0.4, -0.2) is 47.5 Å². The summed E-state index contributed by atoms with van der Waals surface area (Å²) >= 11 is 1.36. The van der Waals surface area contributed by atoms with Crippen LogP contribution in [0.1, 0.15) is 41.7 Å². The average molecular weight is 295 g/mol. The molecule has 1 saturated heterocycles. The molecule has 1 aromatic rings. The molecule has 0 aromatic carbocycles. The molecule has 3 rings (SSSR count). The van der Waals surface area contributed by atoms with Gasteiger partial charge in [-0.3, -0.25) is 4.79 Å². The number of morpholine rings is 1. The Morgan fingerprint density at radius 3 is 3.05 bits per heavy atom. The number of nitrogens with one attached hydrogen (secondary N) is 1. The highest BCUT2D eigenvalue weighted by Crippen LogP contribution is 2.32. The summed E-state index contributed by atoms with van der Waals surface area (Å²) < 4.78 is 10.2. The van der Waals surface area contributed by atoms with Gasteiger partial charge in [-0.2, -0.15) is 4.37 Å². The van der Waals surface area contributed by atoms with Crippen LogP contribution < -0.4 is 5.32 Å². The summed E-state index contributed by atoms with van der Waals surface area (Å²) in [5.41, 5.74) is 1.56. The van der Waals surface area contributed by atoms with E-state index < -0.39 is 0 Å². The molecule has 2 heterocycles. The Morgan fingerprint density at radius 2 is 2.25 bits per heavy atom. The fourth-order valence-electron chi connectivity index (χ4n) is 3.28. The summed E-state index contributed by atoms with van der Waals surface area (Å²) in [5, 5.41) is 3.95.